The first-order valence-electron chi connectivity index (χ1n) is 6.04. The lowest BCUT2D eigenvalue weighted by atomic mass is 10.1. The quantitative estimate of drug-likeness (QED) is 0.622. The van der Waals surface area contributed by atoms with Crippen LogP contribution in [0.15, 0.2) is 42.9 Å². The molecule has 0 aliphatic carbocycles. The zero-order valence-corrected chi connectivity index (χ0v) is 10.8. The molecule has 0 fully saturated rings. The normalized spacial score (nSPS) is 11.7. The Bertz CT molecular complexity index is 630. The molecule has 1 aromatic carbocycles. The number of aliphatic hydroxyl groups is 1. The van der Waals surface area contributed by atoms with Crippen molar-refractivity contribution in [2.24, 2.45) is 0 Å². The lowest BCUT2D eigenvalue weighted by Gasteiger charge is -2.11. The van der Waals surface area contributed by atoms with Crippen LogP contribution in [0.1, 0.15) is 22.2 Å². The van der Waals surface area contributed by atoms with Gasteiger partial charge in [0.2, 0.25) is 0 Å². The van der Waals surface area contributed by atoms with Crippen molar-refractivity contribution in [1.82, 2.24) is 15.3 Å². The SMILES string of the molecule is O=C(NCC(O)c1ccc([N+](=O)[O-])cc1)c1cnccn1. The van der Waals surface area contributed by atoms with Crippen LogP contribution in [-0.2, 0) is 0 Å². The van der Waals surface area contributed by atoms with Crippen LogP contribution in [0.4, 0.5) is 5.69 Å². The van der Waals surface area contributed by atoms with Gasteiger partial charge in [-0.2, -0.15) is 0 Å². The van der Waals surface area contributed by atoms with Crippen LogP contribution >= 0.6 is 0 Å². The molecule has 1 aromatic heterocycles. The molecule has 0 saturated heterocycles. The molecule has 2 rings (SSSR count). The molecular formula is C13H12N4O4. The minimum absolute atomic E-state index is 0.0345. The largest absolute Gasteiger partial charge is 0.387 e. The highest BCUT2D eigenvalue weighted by Crippen LogP contribution is 2.17. The third kappa shape index (κ3) is 3.80. The van der Waals surface area contributed by atoms with Crippen LogP contribution in [0.3, 0.4) is 0 Å². The van der Waals surface area contributed by atoms with Crippen LogP contribution in [-0.4, -0.2) is 32.4 Å². The van der Waals surface area contributed by atoms with E-state index in [9.17, 15) is 20.0 Å². The molecule has 1 atom stereocenters. The fourth-order valence-corrected chi connectivity index (χ4v) is 1.63. The number of aliphatic hydroxyl groups excluding tert-OH is 1. The summed E-state index contributed by atoms with van der Waals surface area (Å²) in [6, 6.07) is 5.47. The third-order valence-electron chi connectivity index (χ3n) is 2.74. The van der Waals surface area contributed by atoms with E-state index in [1.54, 1.807) is 0 Å². The fraction of sp³-hybridized carbons (Fsp3) is 0.154. The van der Waals surface area contributed by atoms with Crippen LogP contribution in [0.5, 0.6) is 0 Å². The predicted molar refractivity (Wildman–Crippen MR) is 72.4 cm³/mol. The van der Waals surface area contributed by atoms with Crippen molar-refractivity contribution in [2.45, 2.75) is 6.10 Å². The molecule has 2 aromatic rings. The number of nitro benzene ring substituents is 1. The molecule has 108 valence electrons. The number of nitro groups is 1. The van der Waals surface area contributed by atoms with Crippen molar-refractivity contribution in [2.75, 3.05) is 6.54 Å². The number of aromatic nitrogens is 2. The van der Waals surface area contributed by atoms with E-state index in [1.165, 1.54) is 42.9 Å². The molecule has 0 radical (unpaired) electrons. The number of amides is 1. The summed E-state index contributed by atoms with van der Waals surface area (Å²) in [6.45, 7) is -0.0345. The van der Waals surface area contributed by atoms with Gasteiger partial charge in [0.15, 0.2) is 0 Å². The summed E-state index contributed by atoms with van der Waals surface area (Å²) < 4.78 is 0. The Morgan fingerprint density at radius 1 is 1.33 bits per heavy atom. The summed E-state index contributed by atoms with van der Waals surface area (Å²) in [7, 11) is 0. The van der Waals surface area contributed by atoms with Gasteiger partial charge in [-0.25, -0.2) is 4.98 Å². The van der Waals surface area contributed by atoms with E-state index >= 15 is 0 Å². The van der Waals surface area contributed by atoms with Gasteiger partial charge < -0.3 is 10.4 Å². The average Bonchev–Trinajstić information content (AvgIpc) is 2.53. The van der Waals surface area contributed by atoms with Crippen molar-refractivity contribution in [3.63, 3.8) is 0 Å². The Morgan fingerprint density at radius 3 is 2.62 bits per heavy atom. The van der Waals surface area contributed by atoms with E-state index < -0.39 is 16.9 Å². The van der Waals surface area contributed by atoms with Gasteiger partial charge in [0.05, 0.1) is 17.2 Å². The molecule has 1 heterocycles. The molecule has 0 spiro atoms. The van der Waals surface area contributed by atoms with Gasteiger partial charge in [0.25, 0.3) is 11.6 Å². The summed E-state index contributed by atoms with van der Waals surface area (Å²) in [5.74, 6) is -0.455. The van der Waals surface area contributed by atoms with E-state index in [1.807, 2.05) is 0 Å². The number of nitrogens with one attached hydrogen (secondary N) is 1. The molecule has 0 aliphatic rings. The lowest BCUT2D eigenvalue weighted by molar-refractivity contribution is -0.384. The first kappa shape index (κ1) is 14.5. The maximum Gasteiger partial charge on any atom is 0.271 e. The number of carbonyl (C=O) groups excluding carboxylic acids is 1. The lowest BCUT2D eigenvalue weighted by Crippen LogP contribution is -2.29. The highest BCUT2D eigenvalue weighted by molar-refractivity contribution is 5.91. The maximum atomic E-state index is 11.7. The Kier molecular flexibility index (Phi) is 4.52. The van der Waals surface area contributed by atoms with Crippen molar-refractivity contribution >= 4 is 11.6 Å². The van der Waals surface area contributed by atoms with E-state index in [2.05, 4.69) is 15.3 Å². The number of rotatable bonds is 5. The smallest absolute Gasteiger partial charge is 0.271 e. The molecule has 0 saturated carbocycles. The highest BCUT2D eigenvalue weighted by atomic mass is 16.6. The topological polar surface area (TPSA) is 118 Å². The van der Waals surface area contributed by atoms with Crippen LogP contribution in [0, 0.1) is 10.1 Å². The second-order valence-corrected chi connectivity index (χ2v) is 4.17. The van der Waals surface area contributed by atoms with Gasteiger partial charge in [-0.3, -0.25) is 19.9 Å². The van der Waals surface area contributed by atoms with Crippen molar-refractivity contribution < 1.29 is 14.8 Å². The predicted octanol–water partition coefficient (Wildman–Crippen LogP) is 0.848. The fourth-order valence-electron chi connectivity index (χ4n) is 1.63. The number of hydrogen-bond acceptors (Lipinski definition) is 6. The maximum absolute atomic E-state index is 11.7. The van der Waals surface area contributed by atoms with E-state index in [0.717, 1.165) is 0 Å². The second-order valence-electron chi connectivity index (χ2n) is 4.17. The van der Waals surface area contributed by atoms with Crippen LogP contribution in [0.2, 0.25) is 0 Å². The van der Waals surface area contributed by atoms with Crippen molar-refractivity contribution in [3.8, 4) is 0 Å². The molecule has 8 heteroatoms. The number of benzene rings is 1. The standard InChI is InChI=1S/C13H12N4O4/c18-12(9-1-3-10(4-2-9)17(20)21)8-16-13(19)11-7-14-5-6-15-11/h1-7,12,18H,8H2,(H,16,19). The van der Waals surface area contributed by atoms with E-state index in [0.29, 0.717) is 5.56 Å². The molecule has 8 nitrogen and oxygen atoms in total. The third-order valence-corrected chi connectivity index (χ3v) is 2.74. The van der Waals surface area contributed by atoms with E-state index in [4.69, 9.17) is 0 Å². The molecular weight excluding hydrogens is 276 g/mol. The first-order chi connectivity index (χ1) is 10.1. The molecule has 1 unspecified atom stereocenters. The molecule has 0 aliphatic heterocycles. The molecule has 1 amide bonds. The van der Waals surface area contributed by atoms with Crippen LogP contribution in [0.25, 0.3) is 0 Å². The van der Waals surface area contributed by atoms with Crippen molar-refractivity contribution in [1.29, 1.82) is 0 Å². The summed E-state index contributed by atoms with van der Waals surface area (Å²) in [5.41, 5.74) is 0.558. The minimum atomic E-state index is -0.966. The van der Waals surface area contributed by atoms with Crippen molar-refractivity contribution in [3.05, 3.63) is 64.2 Å². The number of carbonyl (C=O) groups is 1. The van der Waals surface area contributed by atoms with Gasteiger partial charge in [-0.05, 0) is 17.7 Å². The zero-order valence-electron chi connectivity index (χ0n) is 10.8. The monoisotopic (exact) mass is 288 g/mol. The Hall–Kier alpha value is -2.87. The van der Waals surface area contributed by atoms with E-state index in [-0.39, 0.29) is 17.9 Å². The first-order valence-corrected chi connectivity index (χ1v) is 6.04. The summed E-state index contributed by atoms with van der Waals surface area (Å²) in [6.07, 6.45) is 3.18. The molecule has 2 N–H and O–H groups in total. The Morgan fingerprint density at radius 2 is 2.05 bits per heavy atom. The summed E-state index contributed by atoms with van der Waals surface area (Å²) >= 11 is 0. The molecule has 21 heavy (non-hydrogen) atoms. The number of nitrogens with zero attached hydrogens (tertiary/aromatic N) is 3. The zero-order chi connectivity index (χ0) is 15.2. The number of non-ortho nitro benzene ring substituents is 1. The van der Waals surface area contributed by atoms with Gasteiger partial charge in [0, 0.05) is 31.1 Å². The Labute approximate surface area is 119 Å². The summed E-state index contributed by atoms with van der Waals surface area (Å²) in [5, 5.41) is 23.0. The summed E-state index contributed by atoms with van der Waals surface area (Å²) in [4.78, 5) is 29.3. The van der Waals surface area contributed by atoms with Gasteiger partial charge in [-0.15, -0.1) is 0 Å². The van der Waals surface area contributed by atoms with Gasteiger partial charge >= 0.3 is 0 Å². The molecule has 0 bridgehead atoms. The average molecular weight is 288 g/mol. The van der Waals surface area contributed by atoms with Gasteiger partial charge in [0.1, 0.15) is 5.69 Å². The van der Waals surface area contributed by atoms with Gasteiger partial charge in [-0.1, -0.05) is 0 Å². The van der Waals surface area contributed by atoms with Crippen LogP contribution < -0.4 is 5.32 Å². The Balaban J connectivity index is 1.94. The highest BCUT2D eigenvalue weighted by Gasteiger charge is 2.13. The number of hydrogen-bond donors (Lipinski definition) is 2. The minimum Gasteiger partial charge on any atom is -0.387 e. The second kappa shape index (κ2) is 6.53.